The van der Waals surface area contributed by atoms with Crippen LogP contribution in [0.1, 0.15) is 23.3 Å². The number of aromatic nitrogens is 1. The lowest BCUT2D eigenvalue weighted by Gasteiger charge is -2.36. The van der Waals surface area contributed by atoms with E-state index in [0.717, 1.165) is 61.9 Å². The number of anilines is 1. The molecule has 0 unspecified atom stereocenters. The first kappa shape index (κ1) is 22.3. The quantitative estimate of drug-likeness (QED) is 0.497. The van der Waals surface area contributed by atoms with Crippen LogP contribution in [0.15, 0.2) is 60.0 Å². The number of unbranched alkanes of at least 4 members (excludes halogenated alkanes) is 1. The van der Waals surface area contributed by atoms with Gasteiger partial charge in [-0.05, 0) is 43.7 Å². The zero-order valence-electron chi connectivity index (χ0n) is 18.5. The second-order valence-electron chi connectivity index (χ2n) is 7.87. The molecular formula is C25H30N4O2S. The molecule has 32 heavy (non-hydrogen) atoms. The maximum Gasteiger partial charge on any atom is 0.270 e. The summed E-state index contributed by atoms with van der Waals surface area (Å²) < 4.78 is 5.40. The molecule has 0 saturated carbocycles. The number of hydrogen-bond acceptors (Lipinski definition) is 6. The predicted octanol–water partition coefficient (Wildman–Crippen LogP) is 4.15. The predicted molar refractivity (Wildman–Crippen MR) is 131 cm³/mol. The smallest absolute Gasteiger partial charge is 0.270 e. The zero-order chi connectivity index (χ0) is 22.2. The van der Waals surface area contributed by atoms with Crippen molar-refractivity contribution in [2.75, 3.05) is 51.3 Å². The molecule has 0 atom stereocenters. The molecule has 3 aromatic rings. The van der Waals surface area contributed by atoms with Gasteiger partial charge >= 0.3 is 0 Å². The number of ether oxygens (including phenoxy) is 1. The zero-order valence-corrected chi connectivity index (χ0v) is 19.3. The second-order valence-corrected chi connectivity index (χ2v) is 8.72. The van der Waals surface area contributed by atoms with Crippen LogP contribution in [0.25, 0.3) is 10.6 Å². The number of nitrogens with one attached hydrogen (secondary N) is 1. The Morgan fingerprint density at radius 3 is 2.56 bits per heavy atom. The number of hydrogen-bond donors (Lipinski definition) is 1. The van der Waals surface area contributed by atoms with Gasteiger partial charge in [-0.15, -0.1) is 11.3 Å². The summed E-state index contributed by atoms with van der Waals surface area (Å²) in [5.41, 5.74) is 2.69. The van der Waals surface area contributed by atoms with Gasteiger partial charge < -0.3 is 15.0 Å². The maximum absolute atomic E-state index is 12.5. The minimum atomic E-state index is -0.112. The fraction of sp³-hybridized carbons (Fsp3) is 0.360. The minimum absolute atomic E-state index is 0.112. The number of carbonyl (C=O) groups is 1. The van der Waals surface area contributed by atoms with Crippen LogP contribution in [-0.2, 0) is 0 Å². The molecule has 168 valence electrons. The van der Waals surface area contributed by atoms with Gasteiger partial charge in [0.2, 0.25) is 0 Å². The Morgan fingerprint density at radius 2 is 1.78 bits per heavy atom. The number of carbonyl (C=O) groups excluding carboxylic acids is 1. The van der Waals surface area contributed by atoms with Crippen molar-refractivity contribution in [3.63, 3.8) is 0 Å². The molecule has 1 amide bonds. The Labute approximate surface area is 193 Å². The third-order valence-electron chi connectivity index (χ3n) is 5.75. The Morgan fingerprint density at radius 1 is 1.03 bits per heavy atom. The molecule has 1 N–H and O–H groups in total. The second kappa shape index (κ2) is 11.1. The summed E-state index contributed by atoms with van der Waals surface area (Å²) in [6, 6.07) is 18.3. The highest BCUT2D eigenvalue weighted by Gasteiger charge is 2.17. The largest absolute Gasteiger partial charge is 0.496 e. The van der Waals surface area contributed by atoms with E-state index < -0.39 is 0 Å². The number of piperazine rings is 1. The van der Waals surface area contributed by atoms with Crippen molar-refractivity contribution in [1.82, 2.24) is 15.2 Å². The molecule has 1 saturated heterocycles. The average molecular weight is 451 g/mol. The van der Waals surface area contributed by atoms with E-state index in [4.69, 9.17) is 4.74 Å². The highest BCUT2D eigenvalue weighted by Crippen LogP contribution is 2.31. The van der Waals surface area contributed by atoms with E-state index in [1.54, 1.807) is 7.11 Å². The molecule has 0 bridgehead atoms. The molecule has 2 aromatic carbocycles. The molecular weight excluding hydrogens is 420 g/mol. The molecule has 6 nitrogen and oxygen atoms in total. The molecule has 1 aromatic heterocycles. The van der Waals surface area contributed by atoms with Crippen molar-refractivity contribution in [3.05, 3.63) is 65.7 Å². The first-order valence-electron chi connectivity index (χ1n) is 11.1. The van der Waals surface area contributed by atoms with E-state index >= 15 is 0 Å². The van der Waals surface area contributed by atoms with Crippen molar-refractivity contribution in [2.45, 2.75) is 12.8 Å². The van der Waals surface area contributed by atoms with Gasteiger partial charge in [-0.1, -0.05) is 30.3 Å². The van der Waals surface area contributed by atoms with Crippen LogP contribution in [-0.4, -0.2) is 62.2 Å². The third-order valence-corrected chi connectivity index (χ3v) is 6.63. The van der Waals surface area contributed by atoms with Crippen molar-refractivity contribution in [1.29, 1.82) is 0 Å². The Bertz CT molecular complexity index is 1000. The maximum atomic E-state index is 12.5. The molecule has 0 radical (unpaired) electrons. The van der Waals surface area contributed by atoms with E-state index in [0.29, 0.717) is 12.2 Å². The lowest BCUT2D eigenvalue weighted by atomic mass is 10.2. The van der Waals surface area contributed by atoms with Gasteiger partial charge in [0.15, 0.2) is 0 Å². The number of methoxy groups -OCH3 is 1. The van der Waals surface area contributed by atoms with Crippen molar-refractivity contribution >= 4 is 22.9 Å². The van der Waals surface area contributed by atoms with Crippen molar-refractivity contribution in [3.8, 4) is 16.3 Å². The van der Waals surface area contributed by atoms with Crippen LogP contribution < -0.4 is 15.0 Å². The van der Waals surface area contributed by atoms with Crippen LogP contribution in [0.5, 0.6) is 5.75 Å². The van der Waals surface area contributed by atoms with Crippen LogP contribution >= 0.6 is 11.3 Å². The van der Waals surface area contributed by atoms with Crippen LogP contribution in [0.2, 0.25) is 0 Å². The van der Waals surface area contributed by atoms with Gasteiger partial charge in [0.25, 0.3) is 5.91 Å². The van der Waals surface area contributed by atoms with E-state index in [1.807, 2.05) is 29.6 Å². The topological polar surface area (TPSA) is 57.7 Å². The number of thiazole rings is 1. The summed E-state index contributed by atoms with van der Waals surface area (Å²) in [5, 5.41) is 5.61. The van der Waals surface area contributed by atoms with Crippen molar-refractivity contribution in [2.24, 2.45) is 0 Å². The summed E-state index contributed by atoms with van der Waals surface area (Å²) in [5.74, 6) is 0.650. The lowest BCUT2D eigenvalue weighted by molar-refractivity contribution is 0.0948. The van der Waals surface area contributed by atoms with E-state index in [9.17, 15) is 4.79 Å². The first-order chi connectivity index (χ1) is 15.7. The summed E-state index contributed by atoms with van der Waals surface area (Å²) in [4.78, 5) is 21.9. The van der Waals surface area contributed by atoms with Gasteiger partial charge in [-0.25, -0.2) is 4.98 Å². The third kappa shape index (κ3) is 5.66. The highest BCUT2D eigenvalue weighted by atomic mass is 32.1. The van der Waals surface area contributed by atoms with Crippen LogP contribution in [0.3, 0.4) is 0 Å². The van der Waals surface area contributed by atoms with Gasteiger partial charge in [0, 0.05) is 43.8 Å². The number of para-hydroxylation sites is 2. The standard InChI is InChI=1S/C25H30N4O2S/c1-31-23-12-6-5-11-21(23)25-27-22(19-32-25)24(30)26-13-7-8-14-28-15-17-29(18-16-28)20-9-3-2-4-10-20/h2-6,9-12,19H,7-8,13-18H2,1H3,(H,26,30). The summed E-state index contributed by atoms with van der Waals surface area (Å²) >= 11 is 1.46. The number of rotatable bonds is 9. The van der Waals surface area contributed by atoms with Gasteiger partial charge in [0.1, 0.15) is 16.5 Å². The molecule has 1 aliphatic rings. The Hall–Kier alpha value is -2.90. The lowest BCUT2D eigenvalue weighted by Crippen LogP contribution is -2.46. The summed E-state index contributed by atoms with van der Waals surface area (Å²) in [7, 11) is 1.64. The van der Waals surface area contributed by atoms with E-state index in [-0.39, 0.29) is 5.91 Å². The van der Waals surface area contributed by atoms with Gasteiger partial charge in [0.05, 0.1) is 12.7 Å². The molecule has 4 rings (SSSR count). The number of nitrogens with zero attached hydrogens (tertiary/aromatic N) is 3. The number of amides is 1. The summed E-state index contributed by atoms with van der Waals surface area (Å²) in [6.07, 6.45) is 2.04. The van der Waals surface area contributed by atoms with Crippen LogP contribution in [0.4, 0.5) is 5.69 Å². The average Bonchev–Trinajstić information content (AvgIpc) is 3.35. The minimum Gasteiger partial charge on any atom is -0.496 e. The molecule has 0 aliphatic carbocycles. The fourth-order valence-electron chi connectivity index (χ4n) is 3.94. The Balaban J connectivity index is 1.15. The first-order valence-corrected chi connectivity index (χ1v) is 12.0. The SMILES string of the molecule is COc1ccccc1-c1nc(C(=O)NCCCCN2CCN(c3ccccc3)CC2)cs1. The normalized spacial score (nSPS) is 14.3. The molecule has 7 heteroatoms. The van der Waals surface area contributed by atoms with E-state index in [2.05, 4.69) is 50.4 Å². The molecule has 1 fully saturated rings. The summed E-state index contributed by atoms with van der Waals surface area (Å²) in [6.45, 7) is 6.06. The molecule has 1 aliphatic heterocycles. The van der Waals surface area contributed by atoms with Crippen molar-refractivity contribution < 1.29 is 9.53 Å². The Kier molecular flexibility index (Phi) is 7.74. The molecule has 0 spiro atoms. The van der Waals surface area contributed by atoms with Crippen LogP contribution in [0, 0.1) is 0 Å². The number of benzene rings is 2. The van der Waals surface area contributed by atoms with Gasteiger partial charge in [-0.3, -0.25) is 9.69 Å². The highest BCUT2D eigenvalue weighted by molar-refractivity contribution is 7.13. The monoisotopic (exact) mass is 450 g/mol. The van der Waals surface area contributed by atoms with Gasteiger partial charge in [-0.2, -0.15) is 0 Å². The fourth-order valence-corrected chi connectivity index (χ4v) is 4.77. The molecule has 2 heterocycles. The van der Waals surface area contributed by atoms with E-state index in [1.165, 1.54) is 17.0 Å².